The van der Waals surface area contributed by atoms with Crippen LogP contribution in [0.25, 0.3) is 22.0 Å². The highest BCUT2D eigenvalue weighted by Gasteiger charge is 2.36. The van der Waals surface area contributed by atoms with Crippen LogP contribution in [0.3, 0.4) is 0 Å². The lowest BCUT2D eigenvalue weighted by Gasteiger charge is -2.22. The molecule has 3 nitrogen and oxygen atoms in total. The van der Waals surface area contributed by atoms with Crippen LogP contribution in [0, 0.1) is 6.92 Å². The normalized spacial score (nSPS) is 16.8. The van der Waals surface area contributed by atoms with Gasteiger partial charge in [-0.3, -0.25) is 9.69 Å². The van der Waals surface area contributed by atoms with E-state index in [4.69, 9.17) is 4.98 Å². The number of fused-ring (bicyclic) bond motifs is 1. The Balaban J connectivity index is 1.50. The van der Waals surface area contributed by atoms with Gasteiger partial charge in [0, 0.05) is 10.9 Å². The summed E-state index contributed by atoms with van der Waals surface area (Å²) in [7, 11) is 0. The summed E-state index contributed by atoms with van der Waals surface area (Å²) in [5, 5.41) is 5.17. The molecule has 1 aliphatic heterocycles. The predicted octanol–water partition coefficient (Wildman–Crippen LogP) is 6.05. The van der Waals surface area contributed by atoms with Crippen molar-refractivity contribution in [1.29, 1.82) is 0 Å². The Morgan fingerprint density at radius 1 is 1.00 bits per heavy atom. The molecule has 28 heavy (non-hydrogen) atoms. The third kappa shape index (κ3) is 3.11. The number of nitrogens with zero attached hydrogens (tertiary/aromatic N) is 2. The van der Waals surface area contributed by atoms with Crippen LogP contribution >= 0.6 is 23.1 Å². The fraction of sp³-hybridized carbons (Fsp3) is 0.130. The minimum atomic E-state index is -0.0332. The molecular formula is C23H18N2OS2. The largest absolute Gasteiger partial charge is 0.273 e. The third-order valence-corrected chi connectivity index (χ3v) is 7.02. The zero-order valence-corrected chi connectivity index (χ0v) is 17.0. The number of hydrogen-bond donors (Lipinski definition) is 0. The van der Waals surface area contributed by atoms with E-state index in [1.807, 2.05) is 22.4 Å². The van der Waals surface area contributed by atoms with Crippen molar-refractivity contribution in [3.05, 3.63) is 83.2 Å². The average Bonchev–Trinajstić information content (AvgIpc) is 3.35. The molecule has 0 N–H and O–H groups in total. The third-order valence-electron chi connectivity index (χ3n) is 4.97. The summed E-state index contributed by atoms with van der Waals surface area (Å²) in [6, 6.07) is 23.1. The highest BCUT2D eigenvalue weighted by molar-refractivity contribution is 8.00. The van der Waals surface area contributed by atoms with Gasteiger partial charge in [0.25, 0.3) is 0 Å². The average molecular weight is 403 g/mol. The van der Waals surface area contributed by atoms with E-state index in [9.17, 15) is 4.79 Å². The number of amides is 1. The van der Waals surface area contributed by atoms with Crippen LogP contribution in [0.1, 0.15) is 16.5 Å². The first-order valence-corrected chi connectivity index (χ1v) is 11.1. The number of benzene rings is 3. The molecule has 0 aliphatic carbocycles. The zero-order chi connectivity index (χ0) is 19.1. The first-order chi connectivity index (χ1) is 13.7. The zero-order valence-electron chi connectivity index (χ0n) is 15.3. The summed E-state index contributed by atoms with van der Waals surface area (Å²) < 4.78 is 0. The SMILES string of the molecule is Cc1ccc(-c2csc(N3C(=O)CSC3c3ccc4ccccc4c3)n2)cc1. The number of aryl methyl sites for hydroxylation is 1. The maximum atomic E-state index is 12.7. The van der Waals surface area contributed by atoms with Crippen LogP contribution < -0.4 is 4.90 Å². The van der Waals surface area contributed by atoms with Gasteiger partial charge in [-0.15, -0.1) is 23.1 Å². The van der Waals surface area contributed by atoms with Gasteiger partial charge >= 0.3 is 0 Å². The molecular weight excluding hydrogens is 384 g/mol. The predicted molar refractivity (Wildman–Crippen MR) is 119 cm³/mol. The molecule has 3 aromatic carbocycles. The van der Waals surface area contributed by atoms with Gasteiger partial charge in [0.2, 0.25) is 5.91 Å². The van der Waals surface area contributed by atoms with Crippen molar-refractivity contribution in [2.24, 2.45) is 0 Å². The van der Waals surface area contributed by atoms with Gasteiger partial charge in [0.1, 0.15) is 5.37 Å². The van der Waals surface area contributed by atoms with Crippen molar-refractivity contribution in [3.63, 3.8) is 0 Å². The number of carbonyl (C=O) groups excluding carboxylic acids is 1. The molecule has 1 aliphatic rings. The van der Waals surface area contributed by atoms with Crippen LogP contribution in [0.5, 0.6) is 0 Å². The number of thioether (sulfide) groups is 1. The smallest absolute Gasteiger partial charge is 0.240 e. The molecule has 1 amide bonds. The molecule has 0 saturated carbocycles. The molecule has 5 heteroatoms. The molecule has 5 rings (SSSR count). The van der Waals surface area contributed by atoms with E-state index in [-0.39, 0.29) is 11.3 Å². The highest BCUT2D eigenvalue weighted by atomic mass is 32.2. The molecule has 1 unspecified atom stereocenters. The van der Waals surface area contributed by atoms with Crippen LogP contribution in [0.2, 0.25) is 0 Å². The minimum absolute atomic E-state index is 0.0332. The minimum Gasteiger partial charge on any atom is -0.273 e. The quantitative estimate of drug-likeness (QED) is 0.418. The maximum absolute atomic E-state index is 12.7. The fourth-order valence-electron chi connectivity index (χ4n) is 3.47. The van der Waals surface area contributed by atoms with Crippen molar-refractivity contribution >= 4 is 44.9 Å². The summed E-state index contributed by atoms with van der Waals surface area (Å²) in [6.07, 6.45) is 0. The molecule has 0 spiro atoms. The summed E-state index contributed by atoms with van der Waals surface area (Å²) >= 11 is 3.20. The van der Waals surface area contributed by atoms with Crippen molar-refractivity contribution in [1.82, 2.24) is 4.98 Å². The lowest BCUT2D eigenvalue weighted by molar-refractivity contribution is -0.115. The maximum Gasteiger partial charge on any atom is 0.240 e. The van der Waals surface area contributed by atoms with Gasteiger partial charge in [-0.25, -0.2) is 4.98 Å². The first kappa shape index (κ1) is 17.5. The van der Waals surface area contributed by atoms with E-state index in [1.54, 1.807) is 11.8 Å². The van der Waals surface area contributed by atoms with E-state index in [0.29, 0.717) is 5.75 Å². The summed E-state index contributed by atoms with van der Waals surface area (Å²) in [5.41, 5.74) is 4.36. The van der Waals surface area contributed by atoms with E-state index in [0.717, 1.165) is 22.0 Å². The van der Waals surface area contributed by atoms with Gasteiger partial charge in [-0.2, -0.15) is 0 Å². The van der Waals surface area contributed by atoms with Crippen molar-refractivity contribution in [3.8, 4) is 11.3 Å². The van der Waals surface area contributed by atoms with Crippen LogP contribution in [-0.4, -0.2) is 16.6 Å². The Morgan fingerprint density at radius 2 is 1.79 bits per heavy atom. The van der Waals surface area contributed by atoms with Crippen LogP contribution in [0.15, 0.2) is 72.1 Å². The van der Waals surface area contributed by atoms with Gasteiger partial charge in [0.05, 0.1) is 11.4 Å². The summed E-state index contributed by atoms with van der Waals surface area (Å²) in [4.78, 5) is 19.3. The van der Waals surface area contributed by atoms with E-state index in [2.05, 4.69) is 61.5 Å². The lowest BCUT2D eigenvalue weighted by atomic mass is 10.1. The molecule has 138 valence electrons. The van der Waals surface area contributed by atoms with E-state index in [1.165, 1.54) is 27.7 Å². The van der Waals surface area contributed by atoms with Crippen molar-refractivity contribution < 1.29 is 4.79 Å². The number of thiazole rings is 1. The highest BCUT2D eigenvalue weighted by Crippen LogP contribution is 2.44. The Kier molecular flexibility index (Phi) is 4.41. The summed E-state index contributed by atoms with van der Waals surface area (Å²) in [6.45, 7) is 2.07. The van der Waals surface area contributed by atoms with Crippen LogP contribution in [0.4, 0.5) is 5.13 Å². The second kappa shape index (κ2) is 7.08. The number of carbonyl (C=O) groups is 1. The summed E-state index contributed by atoms with van der Waals surface area (Å²) in [5.74, 6) is 0.602. The Bertz CT molecular complexity index is 1170. The number of hydrogen-bond acceptors (Lipinski definition) is 4. The van der Waals surface area contributed by atoms with Gasteiger partial charge in [0.15, 0.2) is 5.13 Å². The molecule has 1 atom stereocenters. The monoisotopic (exact) mass is 402 g/mol. The Morgan fingerprint density at radius 3 is 2.61 bits per heavy atom. The van der Waals surface area contributed by atoms with E-state index < -0.39 is 0 Å². The van der Waals surface area contributed by atoms with E-state index >= 15 is 0 Å². The molecule has 1 aromatic heterocycles. The molecule has 0 radical (unpaired) electrons. The van der Waals surface area contributed by atoms with Crippen molar-refractivity contribution in [2.75, 3.05) is 10.7 Å². The topological polar surface area (TPSA) is 33.2 Å². The Labute approximate surface area is 172 Å². The van der Waals surface area contributed by atoms with Gasteiger partial charge < -0.3 is 0 Å². The molecule has 1 saturated heterocycles. The molecule has 2 heterocycles. The van der Waals surface area contributed by atoms with Crippen molar-refractivity contribution in [2.45, 2.75) is 12.3 Å². The molecule has 1 fully saturated rings. The van der Waals surface area contributed by atoms with Crippen LogP contribution in [-0.2, 0) is 4.79 Å². The Hall–Kier alpha value is -2.63. The second-order valence-electron chi connectivity index (χ2n) is 6.92. The number of anilines is 1. The van der Waals surface area contributed by atoms with Gasteiger partial charge in [-0.05, 0) is 29.3 Å². The molecule has 4 aromatic rings. The second-order valence-corrected chi connectivity index (χ2v) is 8.82. The molecule has 0 bridgehead atoms. The van der Waals surface area contributed by atoms with Gasteiger partial charge in [-0.1, -0.05) is 66.2 Å². The number of aromatic nitrogens is 1. The first-order valence-electron chi connectivity index (χ1n) is 9.14. The number of rotatable bonds is 3. The fourth-order valence-corrected chi connectivity index (χ4v) is 5.56. The lowest BCUT2D eigenvalue weighted by Crippen LogP contribution is -2.27. The standard InChI is InChI=1S/C23H18N2OS2/c1-15-6-8-17(9-7-15)20-13-28-23(24-20)25-21(26)14-27-22(25)19-11-10-16-4-2-3-5-18(16)12-19/h2-13,22H,14H2,1H3.